The summed E-state index contributed by atoms with van der Waals surface area (Å²) in [4.78, 5) is 13.8. The molecule has 2 aliphatic rings. The third-order valence-corrected chi connectivity index (χ3v) is 3.50. The second-order valence-corrected chi connectivity index (χ2v) is 4.74. The maximum atomic E-state index is 11.9. The summed E-state index contributed by atoms with van der Waals surface area (Å²) < 4.78 is 5.59. The number of hydrogen-bond donors (Lipinski definition) is 1. The molecule has 1 aliphatic heterocycles. The van der Waals surface area contributed by atoms with Crippen molar-refractivity contribution in [2.75, 3.05) is 19.7 Å². The van der Waals surface area contributed by atoms with E-state index in [1.54, 1.807) is 0 Å². The van der Waals surface area contributed by atoms with Crippen LogP contribution in [0.2, 0.25) is 0 Å². The molecule has 1 unspecified atom stereocenters. The van der Waals surface area contributed by atoms with E-state index in [4.69, 9.17) is 4.74 Å². The quantitative estimate of drug-likeness (QED) is 0.796. The van der Waals surface area contributed by atoms with Crippen LogP contribution in [0, 0.1) is 0 Å². The Balaban J connectivity index is 1.76. The highest BCUT2D eigenvalue weighted by Gasteiger charge is 2.26. The molecule has 4 heteroatoms. The molecule has 92 valence electrons. The molecule has 0 aromatic heterocycles. The van der Waals surface area contributed by atoms with Gasteiger partial charge in [0.15, 0.2) is 0 Å². The van der Waals surface area contributed by atoms with Gasteiger partial charge in [-0.2, -0.15) is 0 Å². The summed E-state index contributed by atoms with van der Waals surface area (Å²) in [6, 6.07) is 0.536. The maximum Gasteiger partial charge on any atom is 0.317 e. The summed E-state index contributed by atoms with van der Waals surface area (Å²) in [6.45, 7) is 4.38. The second kappa shape index (κ2) is 5.53. The van der Waals surface area contributed by atoms with Crippen molar-refractivity contribution in [2.45, 2.75) is 51.2 Å². The molecule has 4 nitrogen and oxygen atoms in total. The Kier molecular flexibility index (Phi) is 4.04. The van der Waals surface area contributed by atoms with Gasteiger partial charge in [0.2, 0.25) is 0 Å². The SMILES string of the molecule is CCOC1CCCN(C(=O)NC2CCC2)C1. The molecule has 2 fully saturated rings. The Morgan fingerprint density at radius 1 is 1.38 bits per heavy atom. The van der Waals surface area contributed by atoms with Crippen molar-refractivity contribution in [3.05, 3.63) is 0 Å². The number of ether oxygens (including phenoxy) is 1. The van der Waals surface area contributed by atoms with Crippen LogP contribution < -0.4 is 5.32 Å². The lowest BCUT2D eigenvalue weighted by atomic mass is 9.93. The van der Waals surface area contributed by atoms with Gasteiger partial charge in [0, 0.05) is 25.7 Å². The predicted octanol–water partition coefficient (Wildman–Crippen LogP) is 1.75. The van der Waals surface area contributed by atoms with Gasteiger partial charge in [-0.05, 0) is 39.0 Å². The lowest BCUT2D eigenvalue weighted by Crippen LogP contribution is -2.51. The number of piperidine rings is 1. The largest absolute Gasteiger partial charge is 0.377 e. The van der Waals surface area contributed by atoms with Crippen LogP contribution in [0.3, 0.4) is 0 Å². The minimum atomic E-state index is 0.106. The number of hydrogen-bond acceptors (Lipinski definition) is 2. The van der Waals surface area contributed by atoms with Gasteiger partial charge in [0.1, 0.15) is 0 Å². The van der Waals surface area contributed by atoms with Crippen molar-refractivity contribution >= 4 is 6.03 Å². The van der Waals surface area contributed by atoms with Gasteiger partial charge in [-0.25, -0.2) is 4.79 Å². The Hall–Kier alpha value is -0.770. The fourth-order valence-corrected chi connectivity index (χ4v) is 2.31. The number of urea groups is 1. The third-order valence-electron chi connectivity index (χ3n) is 3.50. The molecule has 1 saturated heterocycles. The summed E-state index contributed by atoms with van der Waals surface area (Å²) in [7, 11) is 0. The average Bonchev–Trinajstić information content (AvgIpc) is 2.24. The fraction of sp³-hybridized carbons (Fsp3) is 0.917. The van der Waals surface area contributed by atoms with Gasteiger partial charge in [0.05, 0.1) is 6.10 Å². The van der Waals surface area contributed by atoms with Crippen molar-refractivity contribution < 1.29 is 9.53 Å². The molecular weight excluding hydrogens is 204 g/mol. The van der Waals surface area contributed by atoms with E-state index in [1.165, 1.54) is 6.42 Å². The van der Waals surface area contributed by atoms with Gasteiger partial charge in [0.25, 0.3) is 0 Å². The van der Waals surface area contributed by atoms with E-state index in [9.17, 15) is 4.79 Å². The van der Waals surface area contributed by atoms with E-state index in [2.05, 4.69) is 5.32 Å². The number of amides is 2. The van der Waals surface area contributed by atoms with Gasteiger partial charge in [-0.3, -0.25) is 0 Å². The zero-order chi connectivity index (χ0) is 11.4. The molecule has 0 radical (unpaired) electrons. The van der Waals surface area contributed by atoms with E-state index in [-0.39, 0.29) is 12.1 Å². The van der Waals surface area contributed by atoms with Gasteiger partial charge >= 0.3 is 6.03 Å². The van der Waals surface area contributed by atoms with Crippen molar-refractivity contribution in [1.82, 2.24) is 10.2 Å². The van der Waals surface area contributed by atoms with Gasteiger partial charge in [-0.15, -0.1) is 0 Å². The average molecular weight is 226 g/mol. The lowest BCUT2D eigenvalue weighted by molar-refractivity contribution is 0.0158. The Bertz CT molecular complexity index is 239. The molecule has 2 rings (SSSR count). The van der Waals surface area contributed by atoms with Crippen molar-refractivity contribution in [1.29, 1.82) is 0 Å². The van der Waals surface area contributed by atoms with E-state index >= 15 is 0 Å². The minimum absolute atomic E-state index is 0.106. The molecule has 0 aromatic rings. The first-order chi connectivity index (χ1) is 7.79. The Morgan fingerprint density at radius 3 is 2.81 bits per heavy atom. The maximum absolute atomic E-state index is 11.9. The third kappa shape index (κ3) is 2.88. The molecule has 0 bridgehead atoms. The molecule has 16 heavy (non-hydrogen) atoms. The van der Waals surface area contributed by atoms with E-state index in [1.807, 2.05) is 11.8 Å². The summed E-state index contributed by atoms with van der Waals surface area (Å²) >= 11 is 0. The smallest absolute Gasteiger partial charge is 0.317 e. The summed E-state index contributed by atoms with van der Waals surface area (Å²) in [5.74, 6) is 0. The normalized spacial score (nSPS) is 26.3. The predicted molar refractivity (Wildman–Crippen MR) is 62.4 cm³/mol. The van der Waals surface area contributed by atoms with Crippen molar-refractivity contribution in [2.24, 2.45) is 0 Å². The van der Waals surface area contributed by atoms with Crippen molar-refractivity contribution in [3.8, 4) is 0 Å². The number of nitrogens with zero attached hydrogens (tertiary/aromatic N) is 1. The van der Waals surface area contributed by atoms with Gasteiger partial charge < -0.3 is 15.0 Å². The first-order valence-electron chi connectivity index (χ1n) is 6.46. The number of carbonyl (C=O) groups is 1. The summed E-state index contributed by atoms with van der Waals surface area (Å²) in [5.41, 5.74) is 0. The molecule has 1 aliphatic carbocycles. The zero-order valence-electron chi connectivity index (χ0n) is 10.1. The molecular formula is C12H22N2O2. The molecule has 1 heterocycles. The first kappa shape index (κ1) is 11.7. The number of carbonyl (C=O) groups excluding carboxylic acids is 1. The van der Waals surface area contributed by atoms with E-state index < -0.39 is 0 Å². The number of rotatable bonds is 3. The van der Waals surface area contributed by atoms with Crippen LogP contribution in [0.25, 0.3) is 0 Å². The van der Waals surface area contributed by atoms with Crippen LogP contribution in [0.15, 0.2) is 0 Å². The molecule has 1 atom stereocenters. The van der Waals surface area contributed by atoms with Crippen LogP contribution in [-0.2, 0) is 4.74 Å². The van der Waals surface area contributed by atoms with Crippen LogP contribution >= 0.6 is 0 Å². The standard InChI is InChI=1S/C12H22N2O2/c1-2-16-11-7-4-8-14(9-11)12(15)13-10-5-3-6-10/h10-11H,2-9H2,1H3,(H,13,15). The molecule has 1 N–H and O–H groups in total. The summed E-state index contributed by atoms with van der Waals surface area (Å²) in [6.07, 6.45) is 5.94. The highest BCUT2D eigenvalue weighted by atomic mass is 16.5. The molecule has 1 saturated carbocycles. The van der Waals surface area contributed by atoms with Gasteiger partial charge in [-0.1, -0.05) is 0 Å². The van der Waals surface area contributed by atoms with E-state index in [0.29, 0.717) is 6.04 Å². The highest BCUT2D eigenvalue weighted by Crippen LogP contribution is 2.19. The summed E-state index contributed by atoms with van der Waals surface area (Å²) in [5, 5.41) is 3.08. The monoisotopic (exact) mass is 226 g/mol. The van der Waals surface area contributed by atoms with Crippen LogP contribution in [0.4, 0.5) is 4.79 Å². The minimum Gasteiger partial charge on any atom is -0.377 e. The molecule has 2 amide bonds. The fourth-order valence-electron chi connectivity index (χ4n) is 2.31. The number of nitrogens with one attached hydrogen (secondary N) is 1. The second-order valence-electron chi connectivity index (χ2n) is 4.74. The Morgan fingerprint density at radius 2 is 2.19 bits per heavy atom. The lowest BCUT2D eigenvalue weighted by Gasteiger charge is -2.35. The number of likely N-dealkylation sites (tertiary alicyclic amines) is 1. The van der Waals surface area contributed by atoms with Crippen molar-refractivity contribution in [3.63, 3.8) is 0 Å². The first-order valence-corrected chi connectivity index (χ1v) is 6.46. The highest BCUT2D eigenvalue weighted by molar-refractivity contribution is 5.74. The molecule has 0 spiro atoms. The van der Waals surface area contributed by atoms with Crippen LogP contribution in [0.5, 0.6) is 0 Å². The Labute approximate surface area is 97.3 Å². The molecule has 0 aromatic carbocycles. The topological polar surface area (TPSA) is 41.6 Å². The zero-order valence-corrected chi connectivity index (χ0v) is 10.1. The van der Waals surface area contributed by atoms with Crippen LogP contribution in [-0.4, -0.2) is 42.8 Å². The van der Waals surface area contributed by atoms with E-state index in [0.717, 1.165) is 45.4 Å². The van der Waals surface area contributed by atoms with Crippen LogP contribution in [0.1, 0.15) is 39.0 Å².